The Labute approximate surface area is 156 Å². The Morgan fingerprint density at radius 2 is 1.89 bits per heavy atom. The number of hydrogen-bond acceptors (Lipinski definition) is 3. The van der Waals surface area contributed by atoms with Crippen LogP contribution in [0.4, 0.5) is 4.39 Å². The number of fused-ring (bicyclic) bond motifs is 3. The van der Waals surface area contributed by atoms with Gasteiger partial charge in [-0.25, -0.2) is 13.9 Å². The Morgan fingerprint density at radius 3 is 2.59 bits per heavy atom. The number of hydrogen-bond donors (Lipinski definition) is 0. The molecule has 0 saturated carbocycles. The Kier molecular flexibility index (Phi) is 4.26. The number of nitrogens with zero attached hydrogens (tertiary/aromatic N) is 4. The first kappa shape index (κ1) is 17.4. The lowest BCUT2D eigenvalue weighted by Gasteiger charge is -2.09. The van der Waals surface area contributed by atoms with E-state index in [1.54, 1.807) is 27.4 Å². The van der Waals surface area contributed by atoms with Gasteiger partial charge in [-0.15, -0.1) is 0 Å². The van der Waals surface area contributed by atoms with Crippen molar-refractivity contribution in [3.8, 4) is 11.1 Å². The minimum atomic E-state index is -0.284. The SMILES string of the molecule is Cc1nn2c(ncc3c(=O)n(CCC(C)C)ccc32)c1-c1ccc(F)cc1. The Morgan fingerprint density at radius 1 is 1.15 bits per heavy atom. The van der Waals surface area contributed by atoms with Gasteiger partial charge in [-0.05, 0) is 43.0 Å². The van der Waals surface area contributed by atoms with Crippen LogP contribution >= 0.6 is 0 Å². The maximum atomic E-state index is 13.3. The van der Waals surface area contributed by atoms with E-state index in [1.165, 1.54) is 12.1 Å². The van der Waals surface area contributed by atoms with Crippen molar-refractivity contribution in [3.63, 3.8) is 0 Å². The van der Waals surface area contributed by atoms with Crippen molar-refractivity contribution in [2.75, 3.05) is 0 Å². The van der Waals surface area contributed by atoms with Crippen molar-refractivity contribution in [1.82, 2.24) is 19.2 Å². The van der Waals surface area contributed by atoms with Gasteiger partial charge in [-0.3, -0.25) is 4.79 Å². The normalized spacial score (nSPS) is 11.7. The van der Waals surface area contributed by atoms with E-state index in [4.69, 9.17) is 0 Å². The first-order valence-corrected chi connectivity index (χ1v) is 9.09. The van der Waals surface area contributed by atoms with E-state index in [9.17, 15) is 9.18 Å². The van der Waals surface area contributed by atoms with E-state index >= 15 is 0 Å². The first-order valence-electron chi connectivity index (χ1n) is 9.09. The Hall–Kier alpha value is -3.02. The van der Waals surface area contributed by atoms with Gasteiger partial charge >= 0.3 is 0 Å². The van der Waals surface area contributed by atoms with Crippen LogP contribution in [0, 0.1) is 18.7 Å². The fraction of sp³-hybridized carbons (Fsp3) is 0.286. The highest BCUT2D eigenvalue weighted by molar-refractivity contribution is 5.86. The third kappa shape index (κ3) is 3.01. The third-order valence-electron chi connectivity index (χ3n) is 4.84. The molecule has 4 aromatic rings. The molecular weight excluding hydrogens is 343 g/mol. The molecule has 6 heteroatoms. The van der Waals surface area contributed by atoms with Crippen LogP contribution in [0.25, 0.3) is 27.7 Å². The third-order valence-corrected chi connectivity index (χ3v) is 4.84. The van der Waals surface area contributed by atoms with E-state index in [2.05, 4.69) is 23.9 Å². The molecule has 5 nitrogen and oxygen atoms in total. The van der Waals surface area contributed by atoms with Gasteiger partial charge in [0.15, 0.2) is 5.65 Å². The highest BCUT2D eigenvalue weighted by Gasteiger charge is 2.16. The summed E-state index contributed by atoms with van der Waals surface area (Å²) in [5, 5.41) is 5.14. The standard InChI is InChI=1S/C21H21FN4O/c1-13(2)8-10-25-11-9-18-17(21(25)27)12-23-20-19(14(3)24-26(18)20)15-4-6-16(22)7-5-15/h4-7,9,11-13H,8,10H2,1-3H3. The van der Waals surface area contributed by atoms with Gasteiger partial charge in [0.2, 0.25) is 0 Å². The summed E-state index contributed by atoms with van der Waals surface area (Å²) in [7, 11) is 0. The molecule has 0 aliphatic carbocycles. The Balaban J connectivity index is 1.90. The second-order valence-electron chi connectivity index (χ2n) is 7.26. The van der Waals surface area contributed by atoms with Crippen molar-refractivity contribution in [2.24, 2.45) is 5.92 Å². The number of halogens is 1. The van der Waals surface area contributed by atoms with Crippen molar-refractivity contribution in [3.05, 3.63) is 64.6 Å². The van der Waals surface area contributed by atoms with Gasteiger partial charge in [0.1, 0.15) is 5.82 Å². The van der Waals surface area contributed by atoms with Crippen LogP contribution in [0.3, 0.4) is 0 Å². The highest BCUT2D eigenvalue weighted by Crippen LogP contribution is 2.28. The van der Waals surface area contributed by atoms with E-state index in [1.807, 2.05) is 19.2 Å². The van der Waals surface area contributed by atoms with Crippen molar-refractivity contribution in [1.29, 1.82) is 0 Å². The fourth-order valence-corrected chi connectivity index (χ4v) is 3.34. The smallest absolute Gasteiger partial charge is 0.261 e. The molecule has 0 fully saturated rings. The van der Waals surface area contributed by atoms with E-state index < -0.39 is 0 Å². The summed E-state index contributed by atoms with van der Waals surface area (Å²) in [5.41, 5.74) is 3.81. The summed E-state index contributed by atoms with van der Waals surface area (Å²) >= 11 is 0. The number of aromatic nitrogens is 4. The molecule has 0 radical (unpaired) electrons. The minimum absolute atomic E-state index is 0.0564. The van der Waals surface area contributed by atoms with Crippen LogP contribution in [-0.2, 0) is 6.54 Å². The van der Waals surface area contributed by atoms with Gasteiger partial charge < -0.3 is 4.57 Å². The van der Waals surface area contributed by atoms with E-state index in [-0.39, 0.29) is 11.4 Å². The van der Waals surface area contributed by atoms with Gasteiger partial charge in [0.25, 0.3) is 5.56 Å². The van der Waals surface area contributed by atoms with Crippen molar-refractivity contribution >= 4 is 16.6 Å². The number of benzene rings is 1. The van der Waals surface area contributed by atoms with Gasteiger partial charge in [-0.2, -0.15) is 5.10 Å². The molecule has 0 saturated heterocycles. The molecule has 0 unspecified atom stereocenters. The monoisotopic (exact) mass is 364 g/mol. The second kappa shape index (κ2) is 6.61. The lowest BCUT2D eigenvalue weighted by atomic mass is 10.1. The summed E-state index contributed by atoms with van der Waals surface area (Å²) in [6.45, 7) is 6.86. The lowest BCUT2D eigenvalue weighted by Crippen LogP contribution is -2.21. The maximum Gasteiger partial charge on any atom is 0.261 e. The molecule has 138 valence electrons. The average molecular weight is 364 g/mol. The molecule has 4 rings (SSSR count). The molecule has 27 heavy (non-hydrogen) atoms. The fourth-order valence-electron chi connectivity index (χ4n) is 3.34. The van der Waals surface area contributed by atoms with E-state index in [0.717, 1.165) is 28.8 Å². The number of rotatable bonds is 4. The molecule has 0 atom stereocenters. The molecule has 0 amide bonds. The number of pyridine rings is 1. The van der Waals surface area contributed by atoms with Crippen molar-refractivity contribution < 1.29 is 4.39 Å². The van der Waals surface area contributed by atoms with E-state index in [0.29, 0.717) is 23.5 Å². The predicted octanol–water partition coefficient (Wildman–Crippen LogP) is 4.20. The topological polar surface area (TPSA) is 52.2 Å². The van der Waals surface area contributed by atoms with Crippen LogP contribution in [0.1, 0.15) is 26.0 Å². The molecule has 0 N–H and O–H groups in total. The quantitative estimate of drug-likeness (QED) is 0.545. The summed E-state index contributed by atoms with van der Waals surface area (Å²) in [6, 6.07) is 8.19. The lowest BCUT2D eigenvalue weighted by molar-refractivity contribution is 0.509. The predicted molar refractivity (Wildman–Crippen MR) is 104 cm³/mol. The van der Waals surface area contributed by atoms with Gasteiger partial charge in [0, 0.05) is 24.5 Å². The molecule has 1 aromatic carbocycles. The van der Waals surface area contributed by atoms with Crippen LogP contribution < -0.4 is 5.56 Å². The summed E-state index contributed by atoms with van der Waals surface area (Å²) < 4.78 is 16.7. The van der Waals surface area contributed by atoms with Crippen LogP contribution in [-0.4, -0.2) is 19.2 Å². The molecule has 3 heterocycles. The largest absolute Gasteiger partial charge is 0.315 e. The molecular formula is C21H21FN4O. The summed E-state index contributed by atoms with van der Waals surface area (Å²) in [5.74, 6) is 0.244. The zero-order valence-corrected chi connectivity index (χ0v) is 15.6. The summed E-state index contributed by atoms with van der Waals surface area (Å²) in [6.07, 6.45) is 4.38. The summed E-state index contributed by atoms with van der Waals surface area (Å²) in [4.78, 5) is 17.3. The Bertz CT molecular complexity index is 1190. The first-order chi connectivity index (χ1) is 13.0. The van der Waals surface area contributed by atoms with Gasteiger partial charge in [0.05, 0.1) is 16.6 Å². The van der Waals surface area contributed by atoms with Crippen molar-refractivity contribution in [2.45, 2.75) is 33.7 Å². The molecule has 0 bridgehead atoms. The van der Waals surface area contributed by atoms with Crippen LogP contribution in [0.15, 0.2) is 47.5 Å². The van der Waals surface area contributed by atoms with Gasteiger partial charge in [-0.1, -0.05) is 26.0 Å². The second-order valence-corrected chi connectivity index (χ2v) is 7.26. The molecule has 0 aliphatic heterocycles. The zero-order valence-electron chi connectivity index (χ0n) is 15.6. The minimum Gasteiger partial charge on any atom is -0.315 e. The van der Waals surface area contributed by atoms with Crippen LogP contribution in [0.5, 0.6) is 0 Å². The average Bonchev–Trinajstić information content (AvgIpc) is 2.98. The molecule has 3 aromatic heterocycles. The molecule has 0 spiro atoms. The highest BCUT2D eigenvalue weighted by atomic mass is 19.1. The molecule has 0 aliphatic rings. The maximum absolute atomic E-state index is 13.3. The number of aryl methyl sites for hydroxylation is 2. The van der Waals surface area contributed by atoms with Crippen LogP contribution in [0.2, 0.25) is 0 Å². The zero-order chi connectivity index (χ0) is 19.1.